The van der Waals surface area contributed by atoms with E-state index in [9.17, 15) is 4.79 Å². The molecule has 3 aromatic carbocycles. The maximum absolute atomic E-state index is 12.3. The zero-order valence-corrected chi connectivity index (χ0v) is 14.1. The van der Waals surface area contributed by atoms with Gasteiger partial charge in [0.15, 0.2) is 0 Å². The first-order valence-electron chi connectivity index (χ1n) is 7.97. The summed E-state index contributed by atoms with van der Waals surface area (Å²) in [7, 11) is 0. The maximum Gasteiger partial charge on any atom is 0.343 e. The summed E-state index contributed by atoms with van der Waals surface area (Å²) in [5.41, 5.74) is 5.37. The van der Waals surface area contributed by atoms with Gasteiger partial charge in [0, 0.05) is 0 Å². The van der Waals surface area contributed by atoms with Gasteiger partial charge in [-0.3, -0.25) is 0 Å². The SMILES string of the molecule is Cc1ccc(C(=O)Oc2ccc(-c3ccc(C#N)cc3)cc2)cc1C. The molecule has 3 rings (SSSR count). The van der Waals surface area contributed by atoms with E-state index in [0.717, 1.165) is 22.3 Å². The van der Waals surface area contributed by atoms with E-state index in [1.165, 1.54) is 0 Å². The van der Waals surface area contributed by atoms with Crippen LogP contribution in [0.4, 0.5) is 0 Å². The first-order chi connectivity index (χ1) is 12.1. The summed E-state index contributed by atoms with van der Waals surface area (Å²) < 4.78 is 5.44. The molecule has 0 N–H and O–H groups in total. The summed E-state index contributed by atoms with van der Waals surface area (Å²) >= 11 is 0. The fourth-order valence-electron chi connectivity index (χ4n) is 2.49. The first kappa shape index (κ1) is 16.5. The van der Waals surface area contributed by atoms with Crippen molar-refractivity contribution in [3.63, 3.8) is 0 Å². The molecule has 0 atom stereocenters. The summed E-state index contributed by atoms with van der Waals surface area (Å²) in [5, 5.41) is 8.85. The van der Waals surface area contributed by atoms with Crippen LogP contribution in [0.2, 0.25) is 0 Å². The lowest BCUT2D eigenvalue weighted by atomic mass is 10.0. The monoisotopic (exact) mass is 327 g/mol. The lowest BCUT2D eigenvalue weighted by Gasteiger charge is -2.07. The molecule has 0 heterocycles. The Morgan fingerprint density at radius 3 is 2.00 bits per heavy atom. The fourth-order valence-corrected chi connectivity index (χ4v) is 2.49. The van der Waals surface area contributed by atoms with E-state index in [4.69, 9.17) is 10.00 Å². The third kappa shape index (κ3) is 3.76. The molecule has 0 saturated carbocycles. The molecule has 0 amide bonds. The zero-order chi connectivity index (χ0) is 17.8. The number of nitriles is 1. The van der Waals surface area contributed by atoms with Crippen molar-refractivity contribution in [2.45, 2.75) is 13.8 Å². The third-order valence-corrected chi connectivity index (χ3v) is 4.15. The van der Waals surface area contributed by atoms with Gasteiger partial charge in [-0.2, -0.15) is 5.26 Å². The molecule has 3 aromatic rings. The maximum atomic E-state index is 12.3. The zero-order valence-electron chi connectivity index (χ0n) is 14.1. The number of ether oxygens (including phenoxy) is 1. The minimum atomic E-state index is -0.366. The Balaban J connectivity index is 1.74. The highest BCUT2D eigenvalue weighted by atomic mass is 16.5. The molecule has 0 aliphatic rings. The molecule has 0 fully saturated rings. The van der Waals surface area contributed by atoms with Gasteiger partial charge in [-0.1, -0.05) is 30.3 Å². The summed E-state index contributed by atoms with van der Waals surface area (Å²) in [6, 6.07) is 22.3. The predicted octanol–water partition coefficient (Wildman–Crippen LogP) is 5.06. The number of nitrogens with zero attached hydrogens (tertiary/aromatic N) is 1. The van der Waals surface area contributed by atoms with E-state index in [0.29, 0.717) is 16.9 Å². The van der Waals surface area contributed by atoms with Crippen molar-refractivity contribution in [2.75, 3.05) is 0 Å². The standard InChI is InChI=1S/C22H17NO2/c1-15-3-6-20(13-16(15)2)22(24)25-21-11-9-19(10-12-21)18-7-4-17(14-23)5-8-18/h3-13H,1-2H3. The number of carbonyl (C=O) groups is 1. The minimum absolute atomic E-state index is 0.366. The molecule has 0 radical (unpaired) electrons. The summed E-state index contributed by atoms with van der Waals surface area (Å²) in [6.45, 7) is 3.98. The van der Waals surface area contributed by atoms with Crippen molar-refractivity contribution in [3.05, 3.63) is 89.0 Å². The number of aryl methyl sites for hydroxylation is 2. The highest BCUT2D eigenvalue weighted by Crippen LogP contribution is 2.23. The molecule has 0 aromatic heterocycles. The number of hydrogen-bond acceptors (Lipinski definition) is 3. The largest absolute Gasteiger partial charge is 0.423 e. The van der Waals surface area contributed by atoms with Crippen LogP contribution in [-0.2, 0) is 0 Å². The molecule has 0 spiro atoms. The van der Waals surface area contributed by atoms with Crippen molar-refractivity contribution < 1.29 is 9.53 Å². The lowest BCUT2D eigenvalue weighted by Crippen LogP contribution is -2.08. The van der Waals surface area contributed by atoms with Gasteiger partial charge < -0.3 is 4.74 Å². The Morgan fingerprint density at radius 1 is 0.840 bits per heavy atom. The van der Waals surface area contributed by atoms with Crippen LogP contribution < -0.4 is 4.74 Å². The van der Waals surface area contributed by atoms with Crippen LogP contribution >= 0.6 is 0 Å². The molecular formula is C22H17NO2. The van der Waals surface area contributed by atoms with E-state index in [1.54, 1.807) is 30.3 Å². The lowest BCUT2D eigenvalue weighted by molar-refractivity contribution is 0.0734. The van der Waals surface area contributed by atoms with Gasteiger partial charge in [0.2, 0.25) is 0 Å². The van der Waals surface area contributed by atoms with E-state index >= 15 is 0 Å². The van der Waals surface area contributed by atoms with Crippen LogP contribution in [0.15, 0.2) is 66.7 Å². The van der Waals surface area contributed by atoms with Crippen LogP contribution in [0, 0.1) is 25.2 Å². The van der Waals surface area contributed by atoms with Crippen molar-refractivity contribution in [3.8, 4) is 22.9 Å². The summed E-state index contributed by atoms with van der Waals surface area (Å²) in [4.78, 5) is 12.3. The Morgan fingerprint density at radius 2 is 1.44 bits per heavy atom. The Hall–Kier alpha value is -3.38. The molecule has 0 unspecified atom stereocenters. The molecule has 122 valence electrons. The first-order valence-corrected chi connectivity index (χ1v) is 7.97. The number of benzene rings is 3. The van der Waals surface area contributed by atoms with Crippen molar-refractivity contribution >= 4 is 5.97 Å². The molecule has 25 heavy (non-hydrogen) atoms. The number of carbonyl (C=O) groups excluding carboxylic acids is 1. The minimum Gasteiger partial charge on any atom is -0.423 e. The highest BCUT2D eigenvalue weighted by Gasteiger charge is 2.09. The van der Waals surface area contributed by atoms with Gasteiger partial charge in [0.05, 0.1) is 17.2 Å². The average Bonchev–Trinajstić information content (AvgIpc) is 2.64. The smallest absolute Gasteiger partial charge is 0.343 e. The van der Waals surface area contributed by atoms with E-state index in [-0.39, 0.29) is 5.97 Å². The second-order valence-corrected chi connectivity index (χ2v) is 5.90. The van der Waals surface area contributed by atoms with Gasteiger partial charge in [0.25, 0.3) is 0 Å². The molecule has 0 aliphatic carbocycles. The van der Waals surface area contributed by atoms with Crippen LogP contribution in [0.1, 0.15) is 27.0 Å². The molecule has 0 aliphatic heterocycles. The van der Waals surface area contributed by atoms with E-state index < -0.39 is 0 Å². The highest BCUT2D eigenvalue weighted by molar-refractivity contribution is 5.91. The Bertz CT molecular complexity index is 949. The van der Waals surface area contributed by atoms with Crippen LogP contribution in [-0.4, -0.2) is 5.97 Å². The molecule has 3 nitrogen and oxygen atoms in total. The number of esters is 1. The van der Waals surface area contributed by atoms with Crippen LogP contribution in [0.3, 0.4) is 0 Å². The third-order valence-electron chi connectivity index (χ3n) is 4.15. The van der Waals surface area contributed by atoms with Gasteiger partial charge >= 0.3 is 5.97 Å². The number of rotatable bonds is 3. The van der Waals surface area contributed by atoms with E-state index in [2.05, 4.69) is 6.07 Å². The van der Waals surface area contributed by atoms with Crippen LogP contribution in [0.5, 0.6) is 5.75 Å². The van der Waals surface area contributed by atoms with Crippen LogP contribution in [0.25, 0.3) is 11.1 Å². The Labute approximate surface area is 147 Å². The topological polar surface area (TPSA) is 50.1 Å². The Kier molecular flexibility index (Phi) is 4.63. The van der Waals surface area contributed by atoms with Gasteiger partial charge in [-0.25, -0.2) is 4.79 Å². The van der Waals surface area contributed by atoms with E-state index in [1.807, 2.05) is 50.2 Å². The average molecular weight is 327 g/mol. The molecule has 3 heteroatoms. The van der Waals surface area contributed by atoms with Crippen molar-refractivity contribution in [2.24, 2.45) is 0 Å². The molecule has 0 bridgehead atoms. The summed E-state index contributed by atoms with van der Waals surface area (Å²) in [5.74, 6) is 0.134. The van der Waals surface area contributed by atoms with Gasteiger partial charge in [-0.15, -0.1) is 0 Å². The quantitative estimate of drug-likeness (QED) is 0.499. The van der Waals surface area contributed by atoms with Crippen molar-refractivity contribution in [1.82, 2.24) is 0 Å². The van der Waals surface area contributed by atoms with Gasteiger partial charge in [0.1, 0.15) is 5.75 Å². The number of hydrogen-bond donors (Lipinski definition) is 0. The second-order valence-electron chi connectivity index (χ2n) is 5.90. The molecular weight excluding hydrogens is 310 g/mol. The van der Waals surface area contributed by atoms with Gasteiger partial charge in [-0.05, 0) is 72.5 Å². The second kappa shape index (κ2) is 7.02. The normalized spacial score (nSPS) is 10.1. The summed E-state index contributed by atoms with van der Waals surface area (Å²) in [6.07, 6.45) is 0. The predicted molar refractivity (Wildman–Crippen MR) is 97.5 cm³/mol. The van der Waals surface area contributed by atoms with Crippen molar-refractivity contribution in [1.29, 1.82) is 5.26 Å². The molecule has 0 saturated heterocycles. The fraction of sp³-hybridized carbons (Fsp3) is 0.0909.